The summed E-state index contributed by atoms with van der Waals surface area (Å²) in [5, 5.41) is 8.21. The molecule has 2 atom stereocenters. The average Bonchev–Trinajstić information content (AvgIpc) is 2.16. The fraction of sp³-hybridized carbons (Fsp3) is 0.778. The highest BCUT2D eigenvalue weighted by molar-refractivity contribution is 5.88. The second kappa shape index (κ2) is 6.48. The number of alkyl halides is 1. The van der Waals surface area contributed by atoms with E-state index in [2.05, 4.69) is 0 Å². The Hall–Kier alpha value is -0.970. The number of Topliss-reactive ketones (excluding diaryl/α,β-unsaturated/α-hetero) is 1. The number of amides is 1. The third-order valence-electron chi connectivity index (χ3n) is 2.10. The predicted molar refractivity (Wildman–Crippen MR) is 48.5 cm³/mol. The molecule has 0 aliphatic carbocycles. The number of carbonyl (C=O) groups is 2. The summed E-state index contributed by atoms with van der Waals surface area (Å²) in [6, 6.07) is 0. The number of halogens is 1. The van der Waals surface area contributed by atoms with Gasteiger partial charge < -0.3 is 0 Å². The van der Waals surface area contributed by atoms with Crippen LogP contribution in [0.3, 0.4) is 0 Å². The number of ketones is 1. The second-order valence-corrected chi connectivity index (χ2v) is 3.24. The Labute approximate surface area is 82.4 Å². The van der Waals surface area contributed by atoms with E-state index < -0.39 is 18.0 Å². The zero-order chi connectivity index (χ0) is 11.1. The summed E-state index contributed by atoms with van der Waals surface area (Å²) in [6.07, 6.45) is -0.106. The monoisotopic (exact) mass is 205 g/mol. The number of unbranched alkanes of at least 4 members (excludes halogenated alkanes) is 1. The van der Waals surface area contributed by atoms with Crippen LogP contribution in [-0.4, -0.2) is 23.1 Å². The van der Waals surface area contributed by atoms with Gasteiger partial charge in [-0.2, -0.15) is 0 Å². The van der Waals surface area contributed by atoms with Gasteiger partial charge in [0.05, 0.1) is 5.92 Å². The first kappa shape index (κ1) is 13.0. The summed E-state index contributed by atoms with van der Waals surface area (Å²) in [7, 11) is 0. The molecule has 0 aliphatic heterocycles. The van der Waals surface area contributed by atoms with Crippen molar-refractivity contribution in [2.24, 2.45) is 5.92 Å². The van der Waals surface area contributed by atoms with Crippen LogP contribution in [0.5, 0.6) is 0 Å². The number of nitrogens with one attached hydrogen (secondary N) is 1. The molecule has 0 radical (unpaired) electrons. The second-order valence-electron chi connectivity index (χ2n) is 3.24. The molecule has 0 heterocycles. The SMILES string of the molecule is CCCCC(C(C)=O)[C@H](F)C(=O)NO. The molecular formula is C9H16FNO3. The van der Waals surface area contributed by atoms with Gasteiger partial charge in [-0.05, 0) is 13.3 Å². The standard InChI is InChI=1S/C9H16FNO3/c1-3-4-5-7(6(2)12)8(10)9(13)11-14/h7-8,14H,3-5H2,1-2H3,(H,11,13)/t7?,8-/m0/s1. The van der Waals surface area contributed by atoms with Crippen molar-refractivity contribution in [2.45, 2.75) is 39.3 Å². The Morgan fingerprint density at radius 1 is 1.50 bits per heavy atom. The van der Waals surface area contributed by atoms with Crippen LogP contribution in [-0.2, 0) is 9.59 Å². The van der Waals surface area contributed by atoms with Crippen LogP contribution in [0.4, 0.5) is 4.39 Å². The highest BCUT2D eigenvalue weighted by Crippen LogP contribution is 2.17. The topological polar surface area (TPSA) is 66.4 Å². The van der Waals surface area contributed by atoms with Gasteiger partial charge in [0.15, 0.2) is 6.17 Å². The van der Waals surface area contributed by atoms with Crippen molar-refractivity contribution in [1.82, 2.24) is 5.48 Å². The minimum Gasteiger partial charge on any atom is -0.300 e. The lowest BCUT2D eigenvalue weighted by Crippen LogP contribution is -2.37. The molecule has 14 heavy (non-hydrogen) atoms. The molecule has 0 rings (SSSR count). The third-order valence-corrected chi connectivity index (χ3v) is 2.10. The van der Waals surface area contributed by atoms with Crippen molar-refractivity contribution in [2.75, 3.05) is 0 Å². The van der Waals surface area contributed by atoms with Gasteiger partial charge in [0, 0.05) is 0 Å². The van der Waals surface area contributed by atoms with Crippen molar-refractivity contribution in [3.8, 4) is 0 Å². The first-order valence-corrected chi connectivity index (χ1v) is 4.63. The Morgan fingerprint density at radius 2 is 2.07 bits per heavy atom. The van der Waals surface area contributed by atoms with E-state index in [1.807, 2.05) is 6.92 Å². The van der Waals surface area contributed by atoms with E-state index >= 15 is 0 Å². The molecule has 0 aliphatic rings. The van der Waals surface area contributed by atoms with Gasteiger partial charge >= 0.3 is 0 Å². The Kier molecular flexibility index (Phi) is 6.03. The summed E-state index contributed by atoms with van der Waals surface area (Å²) in [6.45, 7) is 3.16. The predicted octanol–water partition coefficient (Wildman–Crippen LogP) is 1.23. The Balaban J connectivity index is 4.32. The number of hydrogen-bond donors (Lipinski definition) is 2. The first-order chi connectivity index (χ1) is 6.54. The van der Waals surface area contributed by atoms with Crippen molar-refractivity contribution in [3.63, 3.8) is 0 Å². The zero-order valence-corrected chi connectivity index (χ0v) is 8.42. The highest BCUT2D eigenvalue weighted by atomic mass is 19.1. The molecule has 2 N–H and O–H groups in total. The van der Waals surface area contributed by atoms with E-state index in [9.17, 15) is 14.0 Å². The number of rotatable bonds is 6. The van der Waals surface area contributed by atoms with Crippen LogP contribution in [0.15, 0.2) is 0 Å². The molecule has 0 saturated heterocycles. The molecule has 5 heteroatoms. The van der Waals surface area contributed by atoms with Crippen molar-refractivity contribution in [1.29, 1.82) is 0 Å². The van der Waals surface area contributed by atoms with Crippen LogP contribution < -0.4 is 5.48 Å². The van der Waals surface area contributed by atoms with E-state index in [1.54, 1.807) is 0 Å². The van der Waals surface area contributed by atoms with E-state index in [-0.39, 0.29) is 5.78 Å². The summed E-state index contributed by atoms with van der Waals surface area (Å²) in [5.74, 6) is -2.46. The summed E-state index contributed by atoms with van der Waals surface area (Å²) in [5.41, 5.74) is 1.21. The van der Waals surface area contributed by atoms with Crippen molar-refractivity contribution >= 4 is 11.7 Å². The highest BCUT2D eigenvalue weighted by Gasteiger charge is 2.30. The Morgan fingerprint density at radius 3 is 2.43 bits per heavy atom. The van der Waals surface area contributed by atoms with Crippen molar-refractivity contribution < 1.29 is 19.2 Å². The first-order valence-electron chi connectivity index (χ1n) is 4.63. The molecular weight excluding hydrogens is 189 g/mol. The largest absolute Gasteiger partial charge is 0.300 e. The van der Waals surface area contributed by atoms with Crippen LogP contribution in [0.2, 0.25) is 0 Å². The van der Waals surface area contributed by atoms with E-state index in [4.69, 9.17) is 5.21 Å². The van der Waals surface area contributed by atoms with Gasteiger partial charge in [-0.25, -0.2) is 9.87 Å². The lowest BCUT2D eigenvalue weighted by molar-refractivity contribution is -0.140. The maximum Gasteiger partial charge on any atom is 0.278 e. The molecule has 0 aromatic heterocycles. The fourth-order valence-corrected chi connectivity index (χ4v) is 1.22. The average molecular weight is 205 g/mol. The van der Waals surface area contributed by atoms with Gasteiger partial charge in [0.2, 0.25) is 0 Å². The van der Waals surface area contributed by atoms with Gasteiger partial charge in [0.25, 0.3) is 5.91 Å². The molecule has 0 aromatic rings. The van der Waals surface area contributed by atoms with Crippen LogP contribution >= 0.6 is 0 Å². The van der Waals surface area contributed by atoms with Gasteiger partial charge in [-0.15, -0.1) is 0 Å². The molecule has 0 saturated carbocycles. The minimum atomic E-state index is -1.95. The summed E-state index contributed by atoms with van der Waals surface area (Å²) >= 11 is 0. The maximum absolute atomic E-state index is 13.2. The molecule has 0 fully saturated rings. The maximum atomic E-state index is 13.2. The quantitative estimate of drug-likeness (QED) is 0.506. The van der Waals surface area contributed by atoms with Gasteiger partial charge in [0.1, 0.15) is 5.78 Å². The molecule has 0 spiro atoms. The normalized spacial score (nSPS) is 14.6. The van der Waals surface area contributed by atoms with Crippen LogP contribution in [0.1, 0.15) is 33.1 Å². The van der Waals surface area contributed by atoms with Gasteiger partial charge in [-0.1, -0.05) is 19.8 Å². The minimum absolute atomic E-state index is 0.334. The van der Waals surface area contributed by atoms with Crippen LogP contribution in [0.25, 0.3) is 0 Å². The van der Waals surface area contributed by atoms with E-state index in [1.165, 1.54) is 12.4 Å². The van der Waals surface area contributed by atoms with E-state index in [0.717, 1.165) is 6.42 Å². The van der Waals surface area contributed by atoms with Crippen molar-refractivity contribution in [3.05, 3.63) is 0 Å². The molecule has 1 amide bonds. The summed E-state index contributed by atoms with van der Waals surface area (Å²) in [4.78, 5) is 21.7. The Bertz CT molecular complexity index is 208. The molecule has 0 bridgehead atoms. The fourth-order valence-electron chi connectivity index (χ4n) is 1.22. The third kappa shape index (κ3) is 3.83. The van der Waals surface area contributed by atoms with Crippen LogP contribution in [0, 0.1) is 5.92 Å². The lowest BCUT2D eigenvalue weighted by atomic mass is 9.93. The number of carbonyl (C=O) groups excluding carboxylic acids is 2. The smallest absolute Gasteiger partial charge is 0.278 e. The summed E-state index contributed by atoms with van der Waals surface area (Å²) < 4.78 is 13.2. The zero-order valence-electron chi connectivity index (χ0n) is 8.42. The lowest BCUT2D eigenvalue weighted by Gasteiger charge is -2.16. The molecule has 0 aromatic carbocycles. The molecule has 4 nitrogen and oxygen atoms in total. The number of hydroxylamine groups is 1. The molecule has 1 unspecified atom stereocenters. The van der Waals surface area contributed by atoms with Gasteiger partial charge in [-0.3, -0.25) is 14.8 Å². The number of hydrogen-bond acceptors (Lipinski definition) is 3. The van der Waals surface area contributed by atoms with E-state index in [0.29, 0.717) is 12.8 Å². The molecule has 82 valence electrons.